The van der Waals surface area contributed by atoms with Crippen molar-refractivity contribution in [1.29, 1.82) is 0 Å². The van der Waals surface area contributed by atoms with E-state index in [4.69, 9.17) is 11.6 Å². The van der Waals surface area contributed by atoms with Gasteiger partial charge in [0.05, 0.1) is 16.7 Å². The van der Waals surface area contributed by atoms with Crippen molar-refractivity contribution in [1.82, 2.24) is 20.2 Å². The number of benzene rings is 2. The van der Waals surface area contributed by atoms with Gasteiger partial charge in [0.25, 0.3) is 5.56 Å². The number of aromatic nitrogens is 2. The van der Waals surface area contributed by atoms with Crippen LogP contribution >= 0.6 is 23.4 Å². The van der Waals surface area contributed by atoms with Crippen LogP contribution in [-0.4, -0.2) is 33.7 Å². The topological polar surface area (TPSA) is 93.1 Å². The summed E-state index contributed by atoms with van der Waals surface area (Å²) in [6.07, 6.45) is 2.67. The highest BCUT2D eigenvalue weighted by atomic mass is 35.5. The van der Waals surface area contributed by atoms with Crippen molar-refractivity contribution < 1.29 is 9.59 Å². The van der Waals surface area contributed by atoms with Gasteiger partial charge < -0.3 is 10.6 Å². The first-order valence-electron chi connectivity index (χ1n) is 11.4. The average Bonchev–Trinajstić information content (AvgIpc) is 2.83. The van der Waals surface area contributed by atoms with Gasteiger partial charge >= 0.3 is 0 Å². The Balaban J connectivity index is 1.63. The molecule has 7 nitrogen and oxygen atoms in total. The number of rotatable bonds is 12. The highest BCUT2D eigenvalue weighted by molar-refractivity contribution is 7.99. The van der Waals surface area contributed by atoms with Crippen LogP contribution in [0.2, 0.25) is 5.02 Å². The summed E-state index contributed by atoms with van der Waals surface area (Å²) in [6.45, 7) is 3.43. The summed E-state index contributed by atoms with van der Waals surface area (Å²) in [7, 11) is 0. The minimum Gasteiger partial charge on any atom is -0.355 e. The molecule has 0 saturated carbocycles. The zero-order valence-electron chi connectivity index (χ0n) is 19.2. The van der Waals surface area contributed by atoms with E-state index < -0.39 is 0 Å². The number of fused-ring (bicyclic) bond motifs is 1. The van der Waals surface area contributed by atoms with Gasteiger partial charge in [0.1, 0.15) is 0 Å². The molecule has 0 spiro atoms. The van der Waals surface area contributed by atoms with Gasteiger partial charge in [0, 0.05) is 31.1 Å². The van der Waals surface area contributed by atoms with E-state index >= 15 is 0 Å². The minimum absolute atomic E-state index is 0.0900. The number of halogens is 1. The Morgan fingerprint density at radius 2 is 1.88 bits per heavy atom. The molecular weight excluding hydrogens is 472 g/mol. The molecule has 0 atom stereocenters. The number of hydrogen-bond donors (Lipinski definition) is 2. The number of para-hydroxylation sites is 1. The van der Waals surface area contributed by atoms with Crippen molar-refractivity contribution in [3.8, 4) is 0 Å². The first-order valence-corrected chi connectivity index (χ1v) is 12.7. The molecule has 0 fully saturated rings. The van der Waals surface area contributed by atoms with E-state index in [2.05, 4.69) is 22.5 Å². The third kappa shape index (κ3) is 7.60. The fourth-order valence-electron chi connectivity index (χ4n) is 3.37. The van der Waals surface area contributed by atoms with Crippen LogP contribution in [0.3, 0.4) is 0 Å². The number of thioether (sulfide) groups is 1. The Morgan fingerprint density at radius 1 is 1.06 bits per heavy atom. The largest absolute Gasteiger partial charge is 0.355 e. The van der Waals surface area contributed by atoms with E-state index in [1.54, 1.807) is 28.8 Å². The van der Waals surface area contributed by atoms with E-state index in [1.165, 1.54) is 11.8 Å². The normalized spacial score (nSPS) is 10.9. The Bertz CT molecular complexity index is 1200. The maximum Gasteiger partial charge on any atom is 0.262 e. The summed E-state index contributed by atoms with van der Waals surface area (Å²) >= 11 is 7.22. The predicted molar refractivity (Wildman–Crippen MR) is 137 cm³/mol. The van der Waals surface area contributed by atoms with Gasteiger partial charge in [-0.05, 0) is 42.7 Å². The monoisotopic (exact) mass is 500 g/mol. The number of nitrogens with zero attached hydrogens (tertiary/aromatic N) is 2. The van der Waals surface area contributed by atoms with Crippen LogP contribution < -0.4 is 16.2 Å². The second kappa shape index (κ2) is 13.2. The van der Waals surface area contributed by atoms with Gasteiger partial charge in [-0.15, -0.1) is 0 Å². The molecule has 0 aliphatic carbocycles. The molecule has 2 N–H and O–H groups in total. The Hall–Kier alpha value is -2.84. The van der Waals surface area contributed by atoms with E-state index in [1.807, 2.05) is 24.3 Å². The molecular formula is C25H29ClN4O3S. The van der Waals surface area contributed by atoms with Gasteiger partial charge in [-0.3, -0.25) is 19.0 Å². The lowest BCUT2D eigenvalue weighted by atomic mass is 10.2. The van der Waals surface area contributed by atoms with E-state index in [0.717, 1.165) is 18.4 Å². The molecule has 0 aliphatic heterocycles. The average molecular weight is 501 g/mol. The Labute approximate surface area is 208 Å². The highest BCUT2D eigenvalue weighted by Gasteiger charge is 2.14. The van der Waals surface area contributed by atoms with Crippen LogP contribution in [0.5, 0.6) is 0 Å². The van der Waals surface area contributed by atoms with Gasteiger partial charge in [0.15, 0.2) is 5.16 Å². The molecule has 2 aromatic carbocycles. The van der Waals surface area contributed by atoms with E-state index in [9.17, 15) is 14.4 Å². The van der Waals surface area contributed by atoms with Crippen LogP contribution in [0.15, 0.2) is 58.5 Å². The molecule has 0 radical (unpaired) electrons. The summed E-state index contributed by atoms with van der Waals surface area (Å²) < 4.78 is 1.57. The number of carbonyl (C=O) groups is 2. The van der Waals surface area contributed by atoms with Crippen molar-refractivity contribution in [2.75, 3.05) is 12.3 Å². The molecule has 3 rings (SSSR count). The zero-order valence-corrected chi connectivity index (χ0v) is 20.8. The fraction of sp³-hybridized carbons (Fsp3) is 0.360. The van der Waals surface area contributed by atoms with E-state index in [0.29, 0.717) is 47.1 Å². The standard InChI is InChI=1S/C25H29ClN4O3S/c1-2-3-13-27-23(32)17-34-25-29-21-11-5-4-10-20(21)24(33)30(25)14-7-12-22(31)28-16-18-8-6-9-19(26)15-18/h4-6,8-11,15H,2-3,7,12-14,16-17H2,1H3,(H,27,32)(H,28,31). The van der Waals surface area contributed by atoms with Gasteiger partial charge in [-0.2, -0.15) is 0 Å². The van der Waals surface area contributed by atoms with Crippen molar-refractivity contribution in [3.63, 3.8) is 0 Å². The summed E-state index contributed by atoms with van der Waals surface area (Å²) in [6, 6.07) is 14.5. The molecule has 2 amide bonds. The lowest BCUT2D eigenvalue weighted by Gasteiger charge is -2.13. The second-order valence-corrected chi connectivity index (χ2v) is 9.25. The molecule has 9 heteroatoms. The first kappa shape index (κ1) is 25.8. The van der Waals surface area contributed by atoms with Gasteiger partial charge in [-0.25, -0.2) is 4.98 Å². The van der Waals surface area contributed by atoms with Crippen LogP contribution in [0.1, 0.15) is 38.2 Å². The molecule has 34 heavy (non-hydrogen) atoms. The fourth-order valence-corrected chi connectivity index (χ4v) is 4.44. The molecule has 1 heterocycles. The van der Waals surface area contributed by atoms with Crippen LogP contribution in [0.4, 0.5) is 0 Å². The third-order valence-electron chi connectivity index (χ3n) is 5.18. The second-order valence-electron chi connectivity index (χ2n) is 7.87. The smallest absolute Gasteiger partial charge is 0.262 e. The maximum absolute atomic E-state index is 13.1. The number of amides is 2. The van der Waals surface area contributed by atoms with Crippen molar-refractivity contribution >= 4 is 46.1 Å². The molecule has 0 bridgehead atoms. The van der Waals surface area contributed by atoms with Crippen molar-refractivity contribution in [2.45, 2.75) is 50.9 Å². The van der Waals surface area contributed by atoms with Gasteiger partial charge in [-0.1, -0.05) is 61.0 Å². The first-order chi connectivity index (χ1) is 16.5. The molecule has 1 aromatic heterocycles. The Kier molecular flexibility index (Phi) is 9.97. The number of hydrogen-bond acceptors (Lipinski definition) is 5. The third-order valence-corrected chi connectivity index (χ3v) is 6.39. The number of nitrogens with one attached hydrogen (secondary N) is 2. The summed E-state index contributed by atoms with van der Waals surface area (Å²) in [5.41, 5.74) is 1.35. The lowest BCUT2D eigenvalue weighted by Crippen LogP contribution is -2.28. The predicted octanol–water partition coefficient (Wildman–Crippen LogP) is 4.15. The van der Waals surface area contributed by atoms with Crippen LogP contribution in [0.25, 0.3) is 10.9 Å². The molecule has 0 aliphatic rings. The number of unbranched alkanes of at least 4 members (excludes halogenated alkanes) is 1. The van der Waals surface area contributed by atoms with Gasteiger partial charge in [0.2, 0.25) is 11.8 Å². The quantitative estimate of drug-likeness (QED) is 0.221. The Morgan fingerprint density at radius 3 is 2.68 bits per heavy atom. The lowest BCUT2D eigenvalue weighted by molar-refractivity contribution is -0.121. The summed E-state index contributed by atoms with van der Waals surface area (Å²) in [5.74, 6) is -0.0201. The van der Waals surface area contributed by atoms with Crippen LogP contribution in [0, 0.1) is 0 Å². The van der Waals surface area contributed by atoms with Crippen molar-refractivity contribution in [3.05, 3.63) is 69.5 Å². The summed E-state index contributed by atoms with van der Waals surface area (Å²) in [5, 5.41) is 7.38. The summed E-state index contributed by atoms with van der Waals surface area (Å²) in [4.78, 5) is 42.2. The van der Waals surface area contributed by atoms with E-state index in [-0.39, 0.29) is 29.5 Å². The molecule has 180 valence electrons. The molecule has 0 unspecified atom stereocenters. The SMILES string of the molecule is CCCCNC(=O)CSc1nc2ccccc2c(=O)n1CCCC(=O)NCc1cccc(Cl)c1. The number of carbonyl (C=O) groups excluding carboxylic acids is 2. The minimum atomic E-state index is -0.168. The zero-order chi connectivity index (χ0) is 24.3. The maximum atomic E-state index is 13.1. The molecule has 0 saturated heterocycles. The molecule has 3 aromatic rings. The highest BCUT2D eigenvalue weighted by Crippen LogP contribution is 2.18. The van der Waals surface area contributed by atoms with Crippen LogP contribution in [-0.2, 0) is 22.7 Å². The van der Waals surface area contributed by atoms with Crippen molar-refractivity contribution in [2.24, 2.45) is 0 Å².